The van der Waals surface area contributed by atoms with Crippen LogP contribution in [-0.4, -0.2) is 50.0 Å². The number of rotatable bonds is 9. The minimum absolute atomic E-state index is 0.258. The maximum absolute atomic E-state index is 14.7. The Bertz CT molecular complexity index is 2080. The van der Waals surface area contributed by atoms with E-state index in [1.807, 2.05) is 7.05 Å². The van der Waals surface area contributed by atoms with Crippen molar-refractivity contribution in [2.24, 2.45) is 41.5 Å². The maximum atomic E-state index is 14.7. The Morgan fingerprint density at radius 1 is 1.00 bits per heavy atom. The van der Waals surface area contributed by atoms with Crippen molar-refractivity contribution >= 4 is 27.9 Å². The molecule has 0 saturated heterocycles. The number of hydrogen-bond acceptors (Lipinski definition) is 8. The lowest BCUT2D eigenvalue weighted by molar-refractivity contribution is -0.145. The van der Waals surface area contributed by atoms with Crippen molar-refractivity contribution in [2.75, 3.05) is 23.8 Å². The largest absolute Gasteiger partial charge is 0.385 e. The number of anilines is 2. The standard InChI is InChI=1S/C42H52FN7O3/c1-41-16-14-28(51)20-25(41)8-11-29-31-12-13-34(42(31,2)17-15-32(29)41)53-19-5-4-18-44-27-9-6-24(7-10-27)37-36(39-45-23-46-50(39)3)38-35-30(40(52)49-48-38)21-26(43)22-33(35)47-37/h6-7,9-10,21-23,25,29,31-32,34,36-37,44,47H,4-5,8,11-20H2,1-3H3,(H,49,52)/t25-,29-,31-,32-,34-,36+,37+,41-,42-/m0/s1. The summed E-state index contributed by atoms with van der Waals surface area (Å²) in [4.78, 5) is 29.5. The van der Waals surface area contributed by atoms with Crippen LogP contribution in [0.3, 0.4) is 0 Å². The first-order valence-corrected chi connectivity index (χ1v) is 19.9. The molecule has 4 aromatic rings. The number of aromatic amines is 1. The highest BCUT2D eigenvalue weighted by Crippen LogP contribution is 2.66. The van der Waals surface area contributed by atoms with Gasteiger partial charge in [0.1, 0.15) is 23.8 Å². The van der Waals surface area contributed by atoms with Crippen LogP contribution in [0.4, 0.5) is 15.8 Å². The van der Waals surface area contributed by atoms with E-state index in [-0.39, 0.29) is 22.8 Å². The summed E-state index contributed by atoms with van der Waals surface area (Å²) in [6, 6.07) is 10.7. The molecule has 2 aromatic heterocycles. The van der Waals surface area contributed by atoms with Gasteiger partial charge < -0.3 is 15.4 Å². The summed E-state index contributed by atoms with van der Waals surface area (Å²) < 4.78 is 23.1. The summed E-state index contributed by atoms with van der Waals surface area (Å²) in [6.07, 6.45) is 14.2. The topological polar surface area (TPSA) is 127 Å². The van der Waals surface area contributed by atoms with Gasteiger partial charge >= 0.3 is 0 Å². The second-order valence-electron chi connectivity index (χ2n) is 17.3. The van der Waals surface area contributed by atoms with Crippen LogP contribution in [0.5, 0.6) is 0 Å². The van der Waals surface area contributed by atoms with Crippen LogP contribution < -0.4 is 16.2 Å². The zero-order chi connectivity index (χ0) is 36.5. The highest BCUT2D eigenvalue weighted by atomic mass is 19.1. The number of Topliss-reactive ketones (excluding diaryl/α,β-unsaturated/α-hetero) is 1. The minimum atomic E-state index is -0.483. The molecule has 0 amide bonds. The fraction of sp³-hybridized carbons (Fsp3) is 0.595. The van der Waals surface area contributed by atoms with Crippen molar-refractivity contribution in [1.82, 2.24) is 25.0 Å². The SMILES string of the molecule is Cn1ncnc1[C@H]1c2n[nH]c(=O)c3cc(F)cc(c23)N[C@@H]1c1ccc(NCCCCO[C@H]2CC[C@H]3[C@@H]4CC[C@H]5CC(=O)CC[C@]5(C)[C@H]4CC[C@]23C)cc1. The molecular formula is C42H52FN7O3. The van der Waals surface area contributed by atoms with Gasteiger partial charge in [-0.1, -0.05) is 26.0 Å². The van der Waals surface area contributed by atoms with Gasteiger partial charge in [-0.3, -0.25) is 14.3 Å². The predicted octanol–water partition coefficient (Wildman–Crippen LogP) is 7.68. The quantitative estimate of drug-likeness (QED) is 0.150. The molecule has 4 fully saturated rings. The molecule has 4 saturated carbocycles. The van der Waals surface area contributed by atoms with Crippen molar-refractivity contribution in [3.8, 4) is 0 Å². The number of benzene rings is 2. The van der Waals surface area contributed by atoms with Crippen molar-refractivity contribution < 1.29 is 13.9 Å². The molecule has 280 valence electrons. The van der Waals surface area contributed by atoms with E-state index in [2.05, 4.69) is 69.0 Å². The van der Waals surface area contributed by atoms with E-state index >= 15 is 0 Å². The van der Waals surface area contributed by atoms with Crippen molar-refractivity contribution in [2.45, 2.75) is 103 Å². The van der Waals surface area contributed by atoms with Gasteiger partial charge in [-0.15, -0.1) is 0 Å². The number of carbonyl (C=O) groups excluding carboxylic acids is 1. The molecule has 4 aliphatic carbocycles. The number of halogens is 1. The Hall–Kier alpha value is -4.12. The molecule has 1 aliphatic heterocycles. The minimum Gasteiger partial charge on any atom is -0.385 e. The average Bonchev–Trinajstić information content (AvgIpc) is 3.73. The lowest BCUT2D eigenvalue weighted by Crippen LogP contribution is -2.54. The zero-order valence-corrected chi connectivity index (χ0v) is 31.2. The van der Waals surface area contributed by atoms with E-state index in [0.29, 0.717) is 45.8 Å². The third kappa shape index (κ3) is 5.79. The average molecular weight is 722 g/mol. The second kappa shape index (κ2) is 13.3. The number of ketones is 1. The Morgan fingerprint density at radius 3 is 2.64 bits per heavy atom. The van der Waals surface area contributed by atoms with Gasteiger partial charge in [0.25, 0.3) is 5.56 Å². The molecule has 0 spiro atoms. The van der Waals surface area contributed by atoms with E-state index in [1.165, 1.54) is 57.0 Å². The van der Waals surface area contributed by atoms with Crippen LogP contribution in [0.15, 0.2) is 47.5 Å². The first kappa shape index (κ1) is 34.6. The van der Waals surface area contributed by atoms with Crippen LogP contribution in [0.1, 0.15) is 114 Å². The smallest absolute Gasteiger partial charge is 0.272 e. The van der Waals surface area contributed by atoms with E-state index in [4.69, 9.17) is 4.74 Å². The molecule has 0 unspecified atom stereocenters. The van der Waals surface area contributed by atoms with Crippen molar-refractivity contribution in [1.29, 1.82) is 0 Å². The first-order chi connectivity index (χ1) is 25.6. The number of nitrogens with one attached hydrogen (secondary N) is 3. The summed E-state index contributed by atoms with van der Waals surface area (Å²) in [7, 11) is 1.84. The normalized spacial score (nSPS) is 33.2. The molecule has 2 aromatic carbocycles. The number of aryl methyl sites for hydroxylation is 1. The number of aromatic nitrogens is 5. The summed E-state index contributed by atoms with van der Waals surface area (Å²) >= 11 is 0. The monoisotopic (exact) mass is 721 g/mol. The number of carbonyl (C=O) groups is 1. The molecule has 3 N–H and O–H groups in total. The van der Waals surface area contributed by atoms with E-state index in [9.17, 15) is 14.0 Å². The van der Waals surface area contributed by atoms with Gasteiger partial charge in [0.15, 0.2) is 0 Å². The van der Waals surface area contributed by atoms with Crippen molar-refractivity contribution in [3.05, 3.63) is 76.0 Å². The fourth-order valence-electron chi connectivity index (χ4n) is 11.9. The lowest BCUT2D eigenvalue weighted by Gasteiger charge is -2.60. The Balaban J connectivity index is 0.800. The molecule has 0 radical (unpaired) electrons. The van der Waals surface area contributed by atoms with Gasteiger partial charge in [-0.2, -0.15) is 10.2 Å². The predicted molar refractivity (Wildman–Crippen MR) is 202 cm³/mol. The molecule has 10 nitrogen and oxygen atoms in total. The lowest BCUT2D eigenvalue weighted by atomic mass is 9.45. The fourth-order valence-corrected chi connectivity index (χ4v) is 11.9. The third-order valence-electron chi connectivity index (χ3n) is 14.7. The summed E-state index contributed by atoms with van der Waals surface area (Å²) in [5, 5.41) is 19.3. The van der Waals surface area contributed by atoms with Crippen LogP contribution in [0.25, 0.3) is 10.8 Å². The highest BCUT2D eigenvalue weighted by Gasteiger charge is 2.60. The maximum Gasteiger partial charge on any atom is 0.272 e. The summed E-state index contributed by atoms with van der Waals surface area (Å²) in [5.41, 5.74) is 3.40. The molecule has 11 heteroatoms. The highest BCUT2D eigenvalue weighted by molar-refractivity contribution is 5.97. The number of fused-ring (bicyclic) bond motifs is 5. The van der Waals surface area contributed by atoms with Gasteiger partial charge in [0, 0.05) is 49.8 Å². The molecule has 0 bridgehead atoms. The molecule has 53 heavy (non-hydrogen) atoms. The molecule has 9 rings (SSSR count). The van der Waals surface area contributed by atoms with E-state index < -0.39 is 11.4 Å². The van der Waals surface area contributed by atoms with E-state index in [1.54, 1.807) is 4.68 Å². The third-order valence-corrected chi connectivity index (χ3v) is 14.7. The molecule has 3 heterocycles. The van der Waals surface area contributed by atoms with Gasteiger partial charge in [-0.25, -0.2) is 14.5 Å². The van der Waals surface area contributed by atoms with E-state index in [0.717, 1.165) is 74.3 Å². The van der Waals surface area contributed by atoms with Crippen LogP contribution in [-0.2, 0) is 16.6 Å². The van der Waals surface area contributed by atoms with Crippen LogP contribution >= 0.6 is 0 Å². The van der Waals surface area contributed by atoms with Gasteiger partial charge in [0.2, 0.25) is 0 Å². The Kier molecular flexibility index (Phi) is 8.70. The van der Waals surface area contributed by atoms with Gasteiger partial charge in [0.05, 0.1) is 29.1 Å². The second-order valence-corrected chi connectivity index (χ2v) is 17.3. The molecular weight excluding hydrogens is 670 g/mol. The number of ether oxygens (including phenoxy) is 1. The van der Waals surface area contributed by atoms with Crippen molar-refractivity contribution in [3.63, 3.8) is 0 Å². The number of hydrogen-bond donors (Lipinski definition) is 3. The molecule has 5 aliphatic rings. The number of nitrogens with zero attached hydrogens (tertiary/aromatic N) is 4. The van der Waals surface area contributed by atoms with Gasteiger partial charge in [-0.05, 0) is 122 Å². The number of H-pyrrole nitrogens is 1. The first-order valence-electron chi connectivity index (χ1n) is 19.9. The number of unbranched alkanes of at least 4 members (excludes halogenated alkanes) is 1. The Labute approximate surface area is 310 Å². The zero-order valence-electron chi connectivity index (χ0n) is 31.2. The van der Waals surface area contributed by atoms with Crippen LogP contribution in [0.2, 0.25) is 0 Å². The molecule has 9 atom stereocenters. The Morgan fingerprint density at radius 2 is 1.83 bits per heavy atom. The summed E-state index contributed by atoms with van der Waals surface area (Å²) in [5.74, 6) is 3.29. The summed E-state index contributed by atoms with van der Waals surface area (Å²) in [6.45, 7) is 6.72. The van der Waals surface area contributed by atoms with Crippen LogP contribution in [0, 0.1) is 40.3 Å².